The molecule has 142 valence electrons. The molecule has 1 aliphatic rings. The Kier molecular flexibility index (Phi) is 4.73. The molecule has 0 atom stereocenters. The molecule has 3 aromatic rings. The standard InChI is InChI=1S/C21H18ClFN4O/c1-3-27-19-16(21(28)26(2)17-7-8-18(22)25-20(17)27)11-14(12-24-19)9-13-5-4-6-15(23)10-13/h4-8,10-12H,3,9H2,1-2H3. The Balaban J connectivity index is 1.81. The Hall–Kier alpha value is -2.99. The third-order valence-electron chi connectivity index (χ3n) is 4.77. The molecule has 0 spiro atoms. The number of nitrogens with zero attached hydrogens (tertiary/aromatic N) is 4. The summed E-state index contributed by atoms with van der Waals surface area (Å²) in [5.41, 5.74) is 2.80. The maximum atomic E-state index is 13.5. The van der Waals surface area contributed by atoms with Crippen molar-refractivity contribution in [1.29, 1.82) is 0 Å². The van der Waals surface area contributed by atoms with Gasteiger partial charge in [-0.25, -0.2) is 14.4 Å². The molecule has 3 heterocycles. The van der Waals surface area contributed by atoms with Crippen molar-refractivity contribution in [2.75, 3.05) is 23.4 Å². The van der Waals surface area contributed by atoms with Crippen LogP contribution < -0.4 is 9.80 Å². The van der Waals surface area contributed by atoms with Gasteiger partial charge in [-0.15, -0.1) is 0 Å². The Morgan fingerprint density at radius 3 is 2.68 bits per heavy atom. The van der Waals surface area contributed by atoms with Crippen LogP contribution in [0, 0.1) is 5.82 Å². The van der Waals surface area contributed by atoms with E-state index >= 15 is 0 Å². The maximum absolute atomic E-state index is 13.5. The van der Waals surface area contributed by atoms with Crippen molar-refractivity contribution in [2.24, 2.45) is 0 Å². The van der Waals surface area contributed by atoms with Crippen molar-refractivity contribution < 1.29 is 9.18 Å². The van der Waals surface area contributed by atoms with Gasteiger partial charge in [0, 0.05) is 19.8 Å². The van der Waals surface area contributed by atoms with E-state index in [0.29, 0.717) is 41.0 Å². The molecule has 5 nitrogen and oxygen atoms in total. The minimum Gasteiger partial charge on any atom is -0.309 e. The van der Waals surface area contributed by atoms with Crippen molar-refractivity contribution in [3.05, 3.63) is 76.3 Å². The highest BCUT2D eigenvalue weighted by Gasteiger charge is 2.30. The van der Waals surface area contributed by atoms with Crippen molar-refractivity contribution in [2.45, 2.75) is 13.3 Å². The van der Waals surface area contributed by atoms with E-state index in [1.54, 1.807) is 36.3 Å². The first-order chi connectivity index (χ1) is 13.5. The monoisotopic (exact) mass is 396 g/mol. The zero-order valence-corrected chi connectivity index (χ0v) is 16.2. The lowest BCUT2D eigenvalue weighted by Gasteiger charge is -2.23. The summed E-state index contributed by atoms with van der Waals surface area (Å²) in [5.74, 6) is 0.669. The summed E-state index contributed by atoms with van der Waals surface area (Å²) < 4.78 is 13.5. The summed E-state index contributed by atoms with van der Waals surface area (Å²) >= 11 is 6.10. The molecular weight excluding hydrogens is 379 g/mol. The molecule has 0 saturated heterocycles. The van der Waals surface area contributed by atoms with Gasteiger partial charge in [0.25, 0.3) is 5.91 Å². The summed E-state index contributed by atoms with van der Waals surface area (Å²) in [6.45, 7) is 2.54. The second-order valence-electron chi connectivity index (χ2n) is 6.61. The minimum absolute atomic E-state index is 0.176. The minimum atomic E-state index is -0.286. The van der Waals surface area contributed by atoms with Gasteiger partial charge in [0.15, 0.2) is 5.82 Å². The average Bonchev–Trinajstić information content (AvgIpc) is 2.76. The Labute approximate surface area is 167 Å². The van der Waals surface area contributed by atoms with Crippen LogP contribution in [0.15, 0.2) is 48.7 Å². The molecule has 0 unspecified atom stereocenters. The van der Waals surface area contributed by atoms with Crippen molar-refractivity contribution in [3.8, 4) is 0 Å². The Bertz CT molecular complexity index is 1070. The van der Waals surface area contributed by atoms with Gasteiger partial charge in [0.2, 0.25) is 0 Å². The summed E-state index contributed by atoms with van der Waals surface area (Å²) in [6.07, 6.45) is 2.20. The van der Waals surface area contributed by atoms with Gasteiger partial charge in [0.05, 0.1) is 11.3 Å². The van der Waals surface area contributed by atoms with Crippen LogP contribution in [-0.4, -0.2) is 29.5 Å². The van der Waals surface area contributed by atoms with Gasteiger partial charge in [-0.1, -0.05) is 23.7 Å². The lowest BCUT2D eigenvalue weighted by atomic mass is 10.0. The third kappa shape index (κ3) is 3.20. The van der Waals surface area contributed by atoms with Crippen LogP contribution in [0.25, 0.3) is 0 Å². The number of carbonyl (C=O) groups excluding carboxylic acids is 1. The highest BCUT2D eigenvalue weighted by molar-refractivity contribution is 6.29. The highest BCUT2D eigenvalue weighted by atomic mass is 35.5. The molecule has 1 aromatic carbocycles. The Morgan fingerprint density at radius 2 is 1.93 bits per heavy atom. The molecule has 7 heteroatoms. The number of rotatable bonds is 3. The highest BCUT2D eigenvalue weighted by Crippen LogP contribution is 2.38. The summed E-state index contributed by atoms with van der Waals surface area (Å²) in [5, 5.41) is 0.351. The first-order valence-electron chi connectivity index (χ1n) is 8.93. The number of anilines is 3. The normalized spacial score (nSPS) is 13.2. The van der Waals surface area contributed by atoms with Gasteiger partial charge in [-0.3, -0.25) is 4.79 Å². The van der Waals surface area contributed by atoms with E-state index in [2.05, 4.69) is 9.97 Å². The number of hydrogen-bond acceptors (Lipinski definition) is 4. The van der Waals surface area contributed by atoms with Crippen LogP contribution >= 0.6 is 11.6 Å². The maximum Gasteiger partial charge on any atom is 0.261 e. The lowest BCUT2D eigenvalue weighted by Crippen LogP contribution is -2.25. The second kappa shape index (κ2) is 7.20. The fourth-order valence-electron chi connectivity index (χ4n) is 3.42. The molecule has 28 heavy (non-hydrogen) atoms. The zero-order valence-electron chi connectivity index (χ0n) is 15.5. The van der Waals surface area contributed by atoms with Crippen LogP contribution in [0.2, 0.25) is 5.15 Å². The molecule has 0 radical (unpaired) electrons. The molecule has 0 bridgehead atoms. The predicted molar refractivity (Wildman–Crippen MR) is 108 cm³/mol. The lowest BCUT2D eigenvalue weighted by molar-refractivity contribution is 0.0994. The van der Waals surface area contributed by atoms with Gasteiger partial charge in [-0.2, -0.15) is 0 Å². The first kappa shape index (κ1) is 18.4. The molecule has 1 aliphatic heterocycles. The number of hydrogen-bond donors (Lipinski definition) is 0. The topological polar surface area (TPSA) is 49.3 Å². The van der Waals surface area contributed by atoms with E-state index in [-0.39, 0.29) is 11.7 Å². The quantitative estimate of drug-likeness (QED) is 0.607. The van der Waals surface area contributed by atoms with Crippen LogP contribution in [0.3, 0.4) is 0 Å². The molecular formula is C21H18ClFN4O. The van der Waals surface area contributed by atoms with Crippen LogP contribution in [0.4, 0.5) is 21.7 Å². The van der Waals surface area contributed by atoms with E-state index in [1.165, 1.54) is 12.1 Å². The number of halogens is 2. The van der Waals surface area contributed by atoms with Crippen LogP contribution in [0.1, 0.15) is 28.4 Å². The van der Waals surface area contributed by atoms with Crippen molar-refractivity contribution >= 4 is 34.8 Å². The van der Waals surface area contributed by atoms with Crippen molar-refractivity contribution in [1.82, 2.24) is 9.97 Å². The second-order valence-corrected chi connectivity index (χ2v) is 6.99. The molecule has 4 rings (SSSR count). The molecule has 0 N–H and O–H groups in total. The first-order valence-corrected chi connectivity index (χ1v) is 9.31. The molecule has 1 amide bonds. The smallest absolute Gasteiger partial charge is 0.261 e. The van der Waals surface area contributed by atoms with E-state index in [4.69, 9.17) is 11.6 Å². The number of amides is 1. The number of fused-ring (bicyclic) bond motifs is 2. The van der Waals surface area contributed by atoms with Gasteiger partial charge >= 0.3 is 0 Å². The number of aromatic nitrogens is 2. The SMILES string of the molecule is CCN1c2ncc(Cc3cccc(F)c3)cc2C(=O)N(C)c2ccc(Cl)nc21. The molecule has 2 aromatic heterocycles. The number of benzene rings is 1. The zero-order chi connectivity index (χ0) is 19.8. The summed E-state index contributed by atoms with van der Waals surface area (Å²) in [7, 11) is 1.71. The van der Waals surface area contributed by atoms with Gasteiger partial charge in [0.1, 0.15) is 16.8 Å². The third-order valence-corrected chi connectivity index (χ3v) is 4.98. The number of carbonyl (C=O) groups is 1. The summed E-state index contributed by atoms with van der Waals surface area (Å²) in [6, 6.07) is 11.7. The molecule has 0 saturated carbocycles. The van der Waals surface area contributed by atoms with Crippen LogP contribution in [0.5, 0.6) is 0 Å². The van der Waals surface area contributed by atoms with E-state index in [1.807, 2.05) is 24.0 Å². The average molecular weight is 397 g/mol. The van der Waals surface area contributed by atoms with E-state index in [9.17, 15) is 9.18 Å². The predicted octanol–water partition coefficient (Wildman–Crippen LogP) is 4.61. The molecule has 0 aliphatic carbocycles. The fraction of sp³-hybridized carbons (Fsp3) is 0.190. The van der Waals surface area contributed by atoms with Gasteiger partial charge in [-0.05, 0) is 54.8 Å². The molecule has 0 fully saturated rings. The largest absolute Gasteiger partial charge is 0.309 e. The fourth-order valence-corrected chi connectivity index (χ4v) is 3.56. The Morgan fingerprint density at radius 1 is 1.11 bits per heavy atom. The van der Waals surface area contributed by atoms with Crippen LogP contribution in [-0.2, 0) is 6.42 Å². The van der Waals surface area contributed by atoms with E-state index < -0.39 is 0 Å². The number of pyridine rings is 2. The van der Waals surface area contributed by atoms with Gasteiger partial charge < -0.3 is 9.80 Å². The van der Waals surface area contributed by atoms with Crippen molar-refractivity contribution in [3.63, 3.8) is 0 Å². The van der Waals surface area contributed by atoms with E-state index in [0.717, 1.165) is 11.1 Å². The summed E-state index contributed by atoms with van der Waals surface area (Å²) in [4.78, 5) is 25.6.